The van der Waals surface area contributed by atoms with Crippen LogP contribution < -0.4 is 5.32 Å². The number of aromatic nitrogens is 2. The highest BCUT2D eigenvalue weighted by molar-refractivity contribution is 5.80. The van der Waals surface area contributed by atoms with Crippen molar-refractivity contribution in [3.05, 3.63) is 54.1 Å². The van der Waals surface area contributed by atoms with Crippen molar-refractivity contribution in [2.75, 3.05) is 19.6 Å². The monoisotopic (exact) mass is 355 g/mol. The van der Waals surface area contributed by atoms with Crippen LogP contribution in [0.4, 0.5) is 0 Å². The van der Waals surface area contributed by atoms with Gasteiger partial charge in [-0.2, -0.15) is 0 Å². The zero-order valence-corrected chi connectivity index (χ0v) is 15.7. The average molecular weight is 355 g/mol. The minimum absolute atomic E-state index is 0.0478. The molecule has 0 radical (unpaired) electrons. The quantitative estimate of drug-likeness (QED) is 0.639. The number of benzene rings is 1. The highest BCUT2D eigenvalue weighted by Gasteiger charge is 2.28. The first-order valence-corrected chi connectivity index (χ1v) is 9.41. The van der Waals surface area contributed by atoms with E-state index in [-0.39, 0.29) is 6.61 Å². The predicted octanol–water partition coefficient (Wildman–Crippen LogP) is 2.42. The van der Waals surface area contributed by atoms with Crippen LogP contribution in [0.2, 0.25) is 0 Å². The van der Waals surface area contributed by atoms with Gasteiger partial charge >= 0.3 is 0 Å². The Labute approximate surface area is 155 Å². The van der Waals surface area contributed by atoms with Crippen molar-refractivity contribution in [3.8, 4) is 0 Å². The molecule has 0 spiro atoms. The molecule has 1 aliphatic rings. The van der Waals surface area contributed by atoms with Gasteiger partial charge in [0.05, 0.1) is 25.5 Å². The average Bonchev–Trinajstić information content (AvgIpc) is 3.20. The molecule has 2 N–H and O–H groups in total. The Kier molecular flexibility index (Phi) is 6.28. The first kappa shape index (κ1) is 18.5. The van der Waals surface area contributed by atoms with Crippen LogP contribution in [0, 0.1) is 5.92 Å². The first-order valence-electron chi connectivity index (χ1n) is 9.41. The van der Waals surface area contributed by atoms with Crippen molar-refractivity contribution in [2.45, 2.75) is 39.5 Å². The summed E-state index contributed by atoms with van der Waals surface area (Å²) in [5, 5.41) is 13.0. The molecular formula is C20H29N5O. The zero-order chi connectivity index (χ0) is 18.4. The van der Waals surface area contributed by atoms with Crippen molar-refractivity contribution in [2.24, 2.45) is 10.9 Å². The molecular weight excluding hydrogens is 326 g/mol. The predicted molar refractivity (Wildman–Crippen MR) is 104 cm³/mol. The molecule has 2 heterocycles. The Hall–Kier alpha value is -2.34. The molecule has 1 aromatic carbocycles. The Morgan fingerprint density at radius 1 is 1.35 bits per heavy atom. The van der Waals surface area contributed by atoms with Crippen LogP contribution in [0.5, 0.6) is 0 Å². The fourth-order valence-corrected chi connectivity index (χ4v) is 3.55. The van der Waals surface area contributed by atoms with Crippen LogP contribution in [-0.2, 0) is 13.2 Å². The SMILES string of the molecule is CCNC(=NCc1ccccc1CO)N1CCC(C)C(n2ccnc2)C1. The molecule has 0 bridgehead atoms. The third-order valence-corrected chi connectivity index (χ3v) is 5.15. The lowest BCUT2D eigenvalue weighted by Gasteiger charge is -2.39. The molecule has 0 aliphatic carbocycles. The Morgan fingerprint density at radius 2 is 2.15 bits per heavy atom. The first-order chi connectivity index (χ1) is 12.7. The van der Waals surface area contributed by atoms with Gasteiger partial charge in [-0.05, 0) is 30.4 Å². The largest absolute Gasteiger partial charge is 0.392 e. The summed E-state index contributed by atoms with van der Waals surface area (Å²) < 4.78 is 2.21. The van der Waals surface area contributed by atoms with E-state index >= 15 is 0 Å². The molecule has 140 valence electrons. The van der Waals surface area contributed by atoms with E-state index in [1.54, 1.807) is 0 Å². The third-order valence-electron chi connectivity index (χ3n) is 5.15. The zero-order valence-electron chi connectivity index (χ0n) is 15.7. The number of aliphatic hydroxyl groups excluding tert-OH is 1. The van der Waals surface area contributed by atoms with Gasteiger partial charge < -0.3 is 19.9 Å². The molecule has 0 amide bonds. The maximum Gasteiger partial charge on any atom is 0.194 e. The van der Waals surface area contributed by atoms with Crippen molar-refractivity contribution >= 4 is 5.96 Å². The van der Waals surface area contributed by atoms with Crippen LogP contribution in [0.25, 0.3) is 0 Å². The number of aliphatic imine (C=N–C) groups is 1. The second-order valence-corrected chi connectivity index (χ2v) is 6.89. The number of guanidine groups is 1. The van der Waals surface area contributed by atoms with Crippen LogP contribution >= 0.6 is 0 Å². The van der Waals surface area contributed by atoms with Crippen molar-refractivity contribution in [1.29, 1.82) is 0 Å². The summed E-state index contributed by atoms with van der Waals surface area (Å²) in [5.74, 6) is 1.55. The maximum absolute atomic E-state index is 9.52. The molecule has 0 saturated carbocycles. The van der Waals surface area contributed by atoms with Crippen LogP contribution in [0.3, 0.4) is 0 Å². The number of hydrogen-bond acceptors (Lipinski definition) is 3. The molecule has 1 saturated heterocycles. The lowest BCUT2D eigenvalue weighted by Crippen LogP contribution is -2.49. The van der Waals surface area contributed by atoms with E-state index < -0.39 is 0 Å². The van der Waals surface area contributed by atoms with Gasteiger partial charge in [-0.3, -0.25) is 0 Å². The van der Waals surface area contributed by atoms with Crippen LogP contribution in [-0.4, -0.2) is 45.2 Å². The van der Waals surface area contributed by atoms with Crippen LogP contribution in [0.15, 0.2) is 48.0 Å². The number of likely N-dealkylation sites (tertiary alicyclic amines) is 1. The van der Waals surface area contributed by atoms with E-state index in [1.807, 2.05) is 43.0 Å². The van der Waals surface area contributed by atoms with Gasteiger partial charge in [0.1, 0.15) is 0 Å². The van der Waals surface area contributed by atoms with E-state index in [0.29, 0.717) is 18.5 Å². The van der Waals surface area contributed by atoms with Crippen LogP contribution in [0.1, 0.15) is 37.4 Å². The number of nitrogens with zero attached hydrogens (tertiary/aromatic N) is 4. The van der Waals surface area contributed by atoms with Crippen molar-refractivity contribution in [3.63, 3.8) is 0 Å². The lowest BCUT2D eigenvalue weighted by atomic mass is 9.93. The van der Waals surface area contributed by atoms with Gasteiger partial charge in [-0.15, -0.1) is 0 Å². The molecule has 26 heavy (non-hydrogen) atoms. The number of rotatable bonds is 5. The maximum atomic E-state index is 9.52. The number of nitrogens with one attached hydrogen (secondary N) is 1. The fraction of sp³-hybridized carbons (Fsp3) is 0.500. The number of hydrogen-bond donors (Lipinski definition) is 2. The fourth-order valence-electron chi connectivity index (χ4n) is 3.55. The molecule has 2 atom stereocenters. The van der Waals surface area contributed by atoms with Gasteiger partial charge in [-0.25, -0.2) is 9.98 Å². The molecule has 1 fully saturated rings. The molecule has 2 unspecified atom stereocenters. The second kappa shape index (κ2) is 8.85. The minimum atomic E-state index is 0.0478. The van der Waals surface area contributed by atoms with E-state index in [2.05, 4.69) is 33.6 Å². The molecule has 6 heteroatoms. The van der Waals surface area contributed by atoms with E-state index in [4.69, 9.17) is 4.99 Å². The summed E-state index contributed by atoms with van der Waals surface area (Å²) in [7, 11) is 0. The summed E-state index contributed by atoms with van der Waals surface area (Å²) in [6.45, 7) is 7.78. The minimum Gasteiger partial charge on any atom is -0.392 e. The van der Waals surface area contributed by atoms with Gasteiger partial charge in [-0.1, -0.05) is 31.2 Å². The normalized spacial score (nSPS) is 21.0. The highest BCUT2D eigenvalue weighted by atomic mass is 16.3. The summed E-state index contributed by atoms with van der Waals surface area (Å²) >= 11 is 0. The summed E-state index contributed by atoms with van der Waals surface area (Å²) in [6, 6.07) is 8.33. The molecule has 3 rings (SSSR count). The summed E-state index contributed by atoms with van der Waals surface area (Å²) in [5.41, 5.74) is 2.01. The number of piperidine rings is 1. The summed E-state index contributed by atoms with van der Waals surface area (Å²) in [4.78, 5) is 11.4. The number of aliphatic hydroxyl groups is 1. The molecule has 6 nitrogen and oxygen atoms in total. The smallest absolute Gasteiger partial charge is 0.194 e. The molecule has 2 aromatic rings. The van der Waals surface area contributed by atoms with Gasteiger partial charge in [0, 0.05) is 32.0 Å². The topological polar surface area (TPSA) is 65.7 Å². The van der Waals surface area contributed by atoms with E-state index in [1.165, 1.54) is 0 Å². The van der Waals surface area contributed by atoms with E-state index in [0.717, 1.165) is 43.1 Å². The Balaban J connectivity index is 1.76. The van der Waals surface area contributed by atoms with Crippen molar-refractivity contribution in [1.82, 2.24) is 19.8 Å². The Morgan fingerprint density at radius 3 is 2.85 bits per heavy atom. The molecule has 1 aliphatic heterocycles. The van der Waals surface area contributed by atoms with E-state index in [9.17, 15) is 5.11 Å². The summed E-state index contributed by atoms with van der Waals surface area (Å²) in [6.07, 6.45) is 6.93. The lowest BCUT2D eigenvalue weighted by molar-refractivity contribution is 0.189. The highest BCUT2D eigenvalue weighted by Crippen LogP contribution is 2.27. The number of imidazole rings is 1. The van der Waals surface area contributed by atoms with Gasteiger partial charge in [0.25, 0.3) is 0 Å². The van der Waals surface area contributed by atoms with Gasteiger partial charge in [0.2, 0.25) is 0 Å². The third kappa shape index (κ3) is 4.25. The standard InChI is InChI=1S/C20H29N5O/c1-3-22-20(23-12-17-6-4-5-7-18(17)14-26)24-10-8-16(2)19(13-24)25-11-9-21-15-25/h4-7,9,11,15-16,19,26H,3,8,10,12-14H2,1-2H3,(H,22,23). The van der Waals surface area contributed by atoms with Gasteiger partial charge in [0.15, 0.2) is 5.96 Å². The molecule has 1 aromatic heterocycles. The Bertz CT molecular complexity index is 713. The second-order valence-electron chi connectivity index (χ2n) is 6.89. The van der Waals surface area contributed by atoms with Crippen molar-refractivity contribution < 1.29 is 5.11 Å².